The fourth-order valence-electron chi connectivity index (χ4n) is 4.11. The topological polar surface area (TPSA) is 103 Å². The Bertz CT molecular complexity index is 791. The zero-order valence-corrected chi connectivity index (χ0v) is 16.0. The number of pyridine rings is 1. The second-order valence-electron chi connectivity index (χ2n) is 7.33. The molecule has 2 aliphatic rings. The number of carbonyl (C=O) groups excluding carboxylic acids is 1. The van der Waals surface area contributed by atoms with Crippen LogP contribution in [0.5, 0.6) is 0 Å². The summed E-state index contributed by atoms with van der Waals surface area (Å²) in [6, 6.07) is 3.65. The number of rotatable bonds is 5. The Morgan fingerprint density at radius 1 is 1.43 bits per heavy atom. The van der Waals surface area contributed by atoms with E-state index in [1.807, 2.05) is 17.0 Å². The lowest BCUT2D eigenvalue weighted by Gasteiger charge is -2.36. The van der Waals surface area contributed by atoms with E-state index in [0.29, 0.717) is 51.2 Å². The molecule has 0 bridgehead atoms. The van der Waals surface area contributed by atoms with Crippen LogP contribution >= 0.6 is 0 Å². The Morgan fingerprint density at radius 2 is 2.29 bits per heavy atom. The predicted molar refractivity (Wildman–Crippen MR) is 99.6 cm³/mol. The van der Waals surface area contributed by atoms with Crippen molar-refractivity contribution in [1.82, 2.24) is 25.3 Å². The molecule has 1 atom stereocenters. The van der Waals surface area contributed by atoms with Crippen LogP contribution in [-0.4, -0.2) is 72.6 Å². The lowest BCUT2D eigenvalue weighted by atomic mass is 9.72. The van der Waals surface area contributed by atoms with E-state index in [1.54, 1.807) is 19.5 Å². The summed E-state index contributed by atoms with van der Waals surface area (Å²) in [5.74, 6) is 1.09. The zero-order chi connectivity index (χ0) is 19.4. The summed E-state index contributed by atoms with van der Waals surface area (Å²) in [6.07, 6.45) is 5.15. The van der Waals surface area contributed by atoms with Crippen LogP contribution in [0.3, 0.4) is 0 Å². The molecule has 2 aromatic rings. The number of ether oxygens (including phenoxy) is 2. The van der Waals surface area contributed by atoms with Crippen LogP contribution in [0.1, 0.15) is 24.7 Å². The lowest BCUT2D eigenvalue weighted by molar-refractivity contribution is 0.00941. The Morgan fingerprint density at radius 3 is 3.04 bits per heavy atom. The average Bonchev–Trinajstić information content (AvgIpc) is 3.35. The van der Waals surface area contributed by atoms with Crippen molar-refractivity contribution in [2.45, 2.75) is 18.8 Å². The second kappa shape index (κ2) is 8.24. The van der Waals surface area contributed by atoms with Gasteiger partial charge in [-0.1, -0.05) is 5.16 Å². The van der Waals surface area contributed by atoms with Crippen molar-refractivity contribution in [3.8, 4) is 11.4 Å². The number of urea groups is 1. The number of nitrogens with one attached hydrogen (secondary N) is 1. The maximum atomic E-state index is 12.6. The van der Waals surface area contributed by atoms with Gasteiger partial charge in [0.1, 0.15) is 0 Å². The number of amides is 2. The minimum atomic E-state index is -0.102. The highest BCUT2D eigenvalue weighted by molar-refractivity contribution is 5.74. The van der Waals surface area contributed by atoms with Crippen LogP contribution in [0.2, 0.25) is 0 Å². The molecule has 9 nitrogen and oxygen atoms in total. The first kappa shape index (κ1) is 18.8. The molecule has 0 radical (unpaired) electrons. The lowest BCUT2D eigenvalue weighted by Crippen LogP contribution is -2.42. The van der Waals surface area contributed by atoms with Gasteiger partial charge in [-0.25, -0.2) is 4.79 Å². The number of likely N-dealkylation sites (tertiary alicyclic amines) is 1. The predicted octanol–water partition coefficient (Wildman–Crippen LogP) is 1.68. The van der Waals surface area contributed by atoms with Crippen LogP contribution in [0.15, 0.2) is 29.0 Å². The van der Waals surface area contributed by atoms with Crippen molar-refractivity contribution < 1.29 is 18.8 Å². The summed E-state index contributed by atoms with van der Waals surface area (Å²) in [4.78, 5) is 23.2. The van der Waals surface area contributed by atoms with Crippen molar-refractivity contribution in [3.63, 3.8) is 0 Å². The molecule has 28 heavy (non-hydrogen) atoms. The van der Waals surface area contributed by atoms with Gasteiger partial charge in [-0.05, 0) is 25.0 Å². The molecule has 150 valence electrons. The quantitative estimate of drug-likeness (QED) is 0.779. The van der Waals surface area contributed by atoms with Gasteiger partial charge in [-0.15, -0.1) is 0 Å². The maximum absolute atomic E-state index is 12.6. The van der Waals surface area contributed by atoms with E-state index < -0.39 is 0 Å². The van der Waals surface area contributed by atoms with E-state index in [9.17, 15) is 4.79 Å². The Hall–Kier alpha value is -2.52. The largest absolute Gasteiger partial charge is 0.383 e. The van der Waals surface area contributed by atoms with Crippen molar-refractivity contribution in [2.75, 3.05) is 46.6 Å². The van der Waals surface area contributed by atoms with Crippen LogP contribution < -0.4 is 5.32 Å². The molecule has 1 spiro atoms. The first-order valence-electron chi connectivity index (χ1n) is 9.55. The first-order valence-corrected chi connectivity index (χ1v) is 9.55. The van der Waals surface area contributed by atoms with Crippen LogP contribution in [0, 0.1) is 5.41 Å². The molecule has 4 rings (SSSR count). The Balaban J connectivity index is 1.55. The third-order valence-electron chi connectivity index (χ3n) is 5.67. The summed E-state index contributed by atoms with van der Waals surface area (Å²) in [5, 5.41) is 7.05. The molecule has 1 N–H and O–H groups in total. The summed E-state index contributed by atoms with van der Waals surface area (Å²) in [6.45, 7) is 3.54. The monoisotopic (exact) mass is 387 g/mol. The SMILES string of the molecule is COCCNC(=O)N1C[C@H](c2nc(-c3cccnc3)no2)C2(CCOCC2)C1. The molecule has 2 saturated heterocycles. The summed E-state index contributed by atoms with van der Waals surface area (Å²) >= 11 is 0. The highest BCUT2D eigenvalue weighted by Crippen LogP contribution is 2.49. The van der Waals surface area contributed by atoms with Crippen molar-refractivity contribution >= 4 is 6.03 Å². The number of hydrogen-bond acceptors (Lipinski definition) is 7. The fraction of sp³-hybridized carbons (Fsp3) is 0.579. The van der Waals surface area contributed by atoms with Crippen LogP contribution in [0.4, 0.5) is 4.79 Å². The van der Waals surface area contributed by atoms with E-state index >= 15 is 0 Å². The van der Waals surface area contributed by atoms with Crippen molar-refractivity contribution in [2.24, 2.45) is 5.41 Å². The first-order chi connectivity index (χ1) is 13.7. The van der Waals surface area contributed by atoms with Gasteiger partial charge < -0.3 is 24.2 Å². The summed E-state index contributed by atoms with van der Waals surface area (Å²) < 4.78 is 16.2. The van der Waals surface area contributed by atoms with Gasteiger partial charge in [0.25, 0.3) is 0 Å². The number of carbonyl (C=O) groups is 1. The van der Waals surface area contributed by atoms with Gasteiger partial charge in [0.05, 0.1) is 12.5 Å². The summed E-state index contributed by atoms with van der Waals surface area (Å²) in [5.41, 5.74) is 0.709. The van der Waals surface area contributed by atoms with E-state index in [0.717, 1.165) is 18.4 Å². The van der Waals surface area contributed by atoms with E-state index in [2.05, 4.69) is 20.4 Å². The molecule has 0 aliphatic carbocycles. The van der Waals surface area contributed by atoms with Crippen LogP contribution in [0.25, 0.3) is 11.4 Å². The molecule has 9 heteroatoms. The molecule has 0 aromatic carbocycles. The standard InChI is InChI=1S/C19H25N5O4/c1-26-10-7-21-18(25)24-12-15(19(13-24)4-8-27-9-5-19)17-22-16(23-28-17)14-3-2-6-20-11-14/h2-3,6,11,15H,4-5,7-10,12-13H2,1H3,(H,21,25)/t15-/m1/s1. The van der Waals surface area contributed by atoms with Gasteiger partial charge in [0.15, 0.2) is 0 Å². The van der Waals surface area contributed by atoms with E-state index in [1.165, 1.54) is 0 Å². The highest BCUT2D eigenvalue weighted by Gasteiger charge is 2.51. The van der Waals surface area contributed by atoms with Crippen molar-refractivity contribution in [3.05, 3.63) is 30.4 Å². The van der Waals surface area contributed by atoms with Gasteiger partial charge in [-0.3, -0.25) is 4.98 Å². The minimum absolute atomic E-state index is 0.0116. The third kappa shape index (κ3) is 3.72. The second-order valence-corrected chi connectivity index (χ2v) is 7.33. The number of aromatic nitrogens is 3. The van der Waals surface area contributed by atoms with Gasteiger partial charge in [-0.2, -0.15) is 4.98 Å². The number of hydrogen-bond donors (Lipinski definition) is 1. The molecular formula is C19H25N5O4. The molecule has 2 amide bonds. The van der Waals surface area contributed by atoms with Gasteiger partial charge in [0, 0.05) is 63.3 Å². The molecule has 0 unspecified atom stereocenters. The van der Waals surface area contributed by atoms with Gasteiger partial charge >= 0.3 is 6.03 Å². The fourth-order valence-corrected chi connectivity index (χ4v) is 4.11. The zero-order valence-electron chi connectivity index (χ0n) is 16.0. The smallest absolute Gasteiger partial charge is 0.317 e. The minimum Gasteiger partial charge on any atom is -0.383 e. The third-order valence-corrected chi connectivity index (χ3v) is 5.67. The molecule has 2 aliphatic heterocycles. The van der Waals surface area contributed by atoms with Crippen molar-refractivity contribution in [1.29, 1.82) is 0 Å². The molecule has 4 heterocycles. The molecule has 0 saturated carbocycles. The number of methoxy groups -OCH3 is 1. The normalized spacial score (nSPS) is 21.2. The summed E-state index contributed by atoms with van der Waals surface area (Å²) in [7, 11) is 1.62. The Kier molecular flexibility index (Phi) is 5.54. The number of nitrogens with zero attached hydrogens (tertiary/aromatic N) is 4. The van der Waals surface area contributed by atoms with E-state index in [-0.39, 0.29) is 17.4 Å². The maximum Gasteiger partial charge on any atom is 0.317 e. The average molecular weight is 387 g/mol. The van der Waals surface area contributed by atoms with Crippen LogP contribution in [-0.2, 0) is 9.47 Å². The molecular weight excluding hydrogens is 362 g/mol. The molecule has 2 fully saturated rings. The Labute approximate surface area is 163 Å². The van der Waals surface area contributed by atoms with Gasteiger partial charge in [0.2, 0.25) is 11.7 Å². The highest BCUT2D eigenvalue weighted by atomic mass is 16.5. The molecule has 2 aromatic heterocycles. The van der Waals surface area contributed by atoms with E-state index in [4.69, 9.17) is 14.0 Å².